The van der Waals surface area contributed by atoms with Gasteiger partial charge in [-0.15, -0.1) is 11.3 Å². The van der Waals surface area contributed by atoms with Gasteiger partial charge in [0.25, 0.3) is 0 Å². The third-order valence-corrected chi connectivity index (χ3v) is 6.45. The van der Waals surface area contributed by atoms with Crippen LogP contribution in [0.4, 0.5) is 0 Å². The lowest BCUT2D eigenvalue weighted by molar-refractivity contribution is 0.650. The number of rotatable bonds is 3. The molecule has 0 bridgehead atoms. The first-order chi connectivity index (χ1) is 13.2. The molecule has 2 aromatic heterocycles. The SMILES string of the molecule is CC(C)Cc1cccc2c1sc1c(-c3ccc4ccccc4c3)nccc12. The molecule has 0 aliphatic rings. The Labute approximate surface area is 163 Å². The largest absolute Gasteiger partial charge is 0.255 e. The average Bonchev–Trinajstić information content (AvgIpc) is 3.07. The maximum absolute atomic E-state index is 4.78. The molecule has 0 saturated carbocycles. The summed E-state index contributed by atoms with van der Waals surface area (Å²) in [6.45, 7) is 4.57. The van der Waals surface area contributed by atoms with Crippen molar-refractivity contribution in [2.45, 2.75) is 20.3 Å². The third kappa shape index (κ3) is 2.81. The summed E-state index contributed by atoms with van der Waals surface area (Å²) < 4.78 is 2.70. The molecule has 0 spiro atoms. The summed E-state index contributed by atoms with van der Waals surface area (Å²) in [7, 11) is 0. The van der Waals surface area contributed by atoms with E-state index in [0.29, 0.717) is 5.92 Å². The van der Waals surface area contributed by atoms with Gasteiger partial charge in [0, 0.05) is 27.2 Å². The van der Waals surface area contributed by atoms with Crippen molar-refractivity contribution in [2.24, 2.45) is 5.92 Å². The Morgan fingerprint density at radius 3 is 2.48 bits per heavy atom. The van der Waals surface area contributed by atoms with Crippen LogP contribution in [0.15, 0.2) is 72.9 Å². The van der Waals surface area contributed by atoms with Crippen LogP contribution >= 0.6 is 11.3 Å². The van der Waals surface area contributed by atoms with Crippen molar-refractivity contribution in [1.29, 1.82) is 0 Å². The Kier molecular flexibility index (Phi) is 3.95. The predicted molar refractivity (Wildman–Crippen MR) is 119 cm³/mol. The van der Waals surface area contributed by atoms with Crippen molar-refractivity contribution in [1.82, 2.24) is 4.98 Å². The average molecular weight is 368 g/mol. The zero-order valence-electron chi connectivity index (χ0n) is 15.6. The van der Waals surface area contributed by atoms with E-state index >= 15 is 0 Å². The third-order valence-electron chi connectivity index (χ3n) is 5.15. The van der Waals surface area contributed by atoms with Gasteiger partial charge in [0.1, 0.15) is 0 Å². The topological polar surface area (TPSA) is 12.9 Å². The fourth-order valence-electron chi connectivity index (χ4n) is 3.93. The van der Waals surface area contributed by atoms with E-state index in [1.54, 1.807) is 0 Å². The molecule has 0 aliphatic heterocycles. The summed E-state index contributed by atoms with van der Waals surface area (Å²) in [6.07, 6.45) is 3.07. The molecule has 1 nitrogen and oxygen atoms in total. The minimum Gasteiger partial charge on any atom is -0.255 e. The first kappa shape index (κ1) is 16.5. The van der Waals surface area contributed by atoms with E-state index in [-0.39, 0.29) is 0 Å². The number of hydrogen-bond acceptors (Lipinski definition) is 2. The van der Waals surface area contributed by atoms with Crippen LogP contribution in [-0.4, -0.2) is 4.98 Å². The molecule has 0 fully saturated rings. The van der Waals surface area contributed by atoms with Gasteiger partial charge < -0.3 is 0 Å². The second-order valence-corrected chi connectivity index (χ2v) is 8.61. The summed E-state index contributed by atoms with van der Waals surface area (Å²) >= 11 is 1.89. The molecule has 5 aromatic rings. The molecular formula is C25H21NS. The molecule has 2 heterocycles. The van der Waals surface area contributed by atoms with Gasteiger partial charge in [-0.25, -0.2) is 0 Å². The van der Waals surface area contributed by atoms with Crippen LogP contribution in [0, 0.1) is 5.92 Å². The number of fused-ring (bicyclic) bond motifs is 4. The van der Waals surface area contributed by atoms with Crippen molar-refractivity contribution in [2.75, 3.05) is 0 Å². The molecule has 0 atom stereocenters. The molecule has 0 radical (unpaired) electrons. The fourth-order valence-corrected chi connectivity index (χ4v) is 5.26. The minimum atomic E-state index is 0.652. The van der Waals surface area contributed by atoms with Crippen molar-refractivity contribution in [3.05, 3.63) is 78.5 Å². The van der Waals surface area contributed by atoms with Crippen LogP contribution in [0.1, 0.15) is 19.4 Å². The van der Waals surface area contributed by atoms with Crippen LogP contribution in [0.3, 0.4) is 0 Å². The van der Waals surface area contributed by atoms with E-state index in [1.807, 2.05) is 17.5 Å². The van der Waals surface area contributed by atoms with Crippen LogP contribution in [0.25, 0.3) is 42.2 Å². The Morgan fingerprint density at radius 1 is 0.815 bits per heavy atom. The highest BCUT2D eigenvalue weighted by Crippen LogP contribution is 2.41. The molecule has 0 saturated heterocycles. The zero-order valence-corrected chi connectivity index (χ0v) is 16.4. The molecule has 0 amide bonds. The smallest absolute Gasteiger partial charge is 0.0880 e. The lowest BCUT2D eigenvalue weighted by atomic mass is 10.0. The number of benzene rings is 3. The van der Waals surface area contributed by atoms with Crippen molar-refractivity contribution in [3.63, 3.8) is 0 Å². The first-order valence-electron chi connectivity index (χ1n) is 9.49. The highest BCUT2D eigenvalue weighted by molar-refractivity contribution is 7.26. The number of pyridine rings is 1. The predicted octanol–water partition coefficient (Wildman–Crippen LogP) is 7.47. The van der Waals surface area contributed by atoms with E-state index in [1.165, 1.54) is 42.1 Å². The van der Waals surface area contributed by atoms with Gasteiger partial charge in [0.15, 0.2) is 0 Å². The van der Waals surface area contributed by atoms with Gasteiger partial charge in [0.05, 0.1) is 10.4 Å². The highest BCUT2D eigenvalue weighted by atomic mass is 32.1. The van der Waals surface area contributed by atoms with E-state index in [4.69, 9.17) is 4.98 Å². The van der Waals surface area contributed by atoms with E-state index in [2.05, 4.69) is 80.6 Å². The Hall–Kier alpha value is -2.71. The highest BCUT2D eigenvalue weighted by Gasteiger charge is 2.14. The van der Waals surface area contributed by atoms with Crippen molar-refractivity contribution in [3.8, 4) is 11.3 Å². The number of hydrogen-bond donors (Lipinski definition) is 0. The van der Waals surface area contributed by atoms with Gasteiger partial charge in [0.2, 0.25) is 0 Å². The molecular weight excluding hydrogens is 346 g/mol. The Morgan fingerprint density at radius 2 is 1.63 bits per heavy atom. The minimum absolute atomic E-state index is 0.652. The lowest BCUT2D eigenvalue weighted by Gasteiger charge is -2.05. The number of thiophene rings is 1. The summed E-state index contributed by atoms with van der Waals surface area (Å²) in [5, 5.41) is 5.20. The molecule has 0 N–H and O–H groups in total. The maximum Gasteiger partial charge on any atom is 0.0880 e. The van der Waals surface area contributed by atoms with Crippen LogP contribution in [0.5, 0.6) is 0 Å². The summed E-state index contributed by atoms with van der Waals surface area (Å²) in [6, 6.07) is 24.1. The molecule has 3 aromatic carbocycles. The summed E-state index contributed by atoms with van der Waals surface area (Å²) in [5.74, 6) is 0.652. The Balaban J connectivity index is 1.77. The standard InChI is InChI=1S/C25H21NS/c1-16(2)14-20-8-5-9-21-22-12-13-26-23(25(22)27-24(20)21)19-11-10-17-6-3-4-7-18(17)15-19/h3-13,15-16H,14H2,1-2H3. The molecule has 2 heteroatoms. The van der Waals surface area contributed by atoms with Gasteiger partial charge in [-0.2, -0.15) is 0 Å². The van der Waals surface area contributed by atoms with Crippen LogP contribution < -0.4 is 0 Å². The Bertz CT molecular complexity index is 1280. The van der Waals surface area contributed by atoms with E-state index in [0.717, 1.165) is 12.1 Å². The molecule has 0 aliphatic carbocycles. The lowest BCUT2D eigenvalue weighted by Crippen LogP contribution is -1.93. The fraction of sp³-hybridized carbons (Fsp3) is 0.160. The quantitative estimate of drug-likeness (QED) is 0.322. The van der Waals surface area contributed by atoms with Gasteiger partial charge in [-0.05, 0) is 40.8 Å². The van der Waals surface area contributed by atoms with E-state index < -0.39 is 0 Å². The number of aromatic nitrogens is 1. The van der Waals surface area contributed by atoms with Crippen LogP contribution in [-0.2, 0) is 6.42 Å². The summed E-state index contributed by atoms with van der Waals surface area (Å²) in [4.78, 5) is 4.78. The van der Waals surface area contributed by atoms with Crippen molar-refractivity contribution >= 4 is 42.3 Å². The molecule has 27 heavy (non-hydrogen) atoms. The number of nitrogens with zero attached hydrogens (tertiary/aromatic N) is 1. The second kappa shape index (κ2) is 6.47. The zero-order chi connectivity index (χ0) is 18.4. The van der Waals surface area contributed by atoms with E-state index in [9.17, 15) is 0 Å². The molecule has 132 valence electrons. The van der Waals surface area contributed by atoms with Gasteiger partial charge in [-0.1, -0.05) is 68.4 Å². The summed E-state index contributed by atoms with van der Waals surface area (Å²) in [5.41, 5.74) is 3.74. The molecule has 0 unspecified atom stereocenters. The van der Waals surface area contributed by atoms with Gasteiger partial charge in [-0.3, -0.25) is 4.98 Å². The van der Waals surface area contributed by atoms with Crippen molar-refractivity contribution < 1.29 is 0 Å². The molecule has 5 rings (SSSR count). The maximum atomic E-state index is 4.78. The monoisotopic (exact) mass is 367 g/mol. The first-order valence-corrected chi connectivity index (χ1v) is 10.3. The van der Waals surface area contributed by atoms with Crippen LogP contribution in [0.2, 0.25) is 0 Å². The normalized spacial score (nSPS) is 11.8. The van der Waals surface area contributed by atoms with Gasteiger partial charge >= 0.3 is 0 Å². The second-order valence-electron chi connectivity index (χ2n) is 7.59.